The minimum atomic E-state index is -4.90. The fraction of sp³-hybridized carbons (Fsp3) is 0.273. The van der Waals surface area contributed by atoms with Crippen LogP contribution < -0.4 is 4.90 Å². The number of nitro benzene ring substituents is 1. The fourth-order valence-corrected chi connectivity index (χ4v) is 5.47. The second kappa shape index (κ2) is 7.82. The fourth-order valence-electron chi connectivity index (χ4n) is 5.28. The summed E-state index contributed by atoms with van der Waals surface area (Å²) in [5, 5.41) is 20.1. The topological polar surface area (TPSA) is 125 Å². The standard InChI is InChI=1S/C22H14ClF3N5O5/c23-15-4-2-11(5-16(15)30(35)36)19(32)17-8-28-9-18-20(33)29(21(34)31(17,18)10-28)13-3-1-12(7-27)14(6-13)22(24,25)26/h1-6,17-18H,8-10H2/q+1. The zero-order valence-corrected chi connectivity index (χ0v) is 18.8. The number of carbonyl (C=O) groups is 3. The molecule has 2 bridgehead atoms. The summed E-state index contributed by atoms with van der Waals surface area (Å²) in [5.74, 6) is -1.39. The molecule has 184 valence electrons. The van der Waals surface area contributed by atoms with Crippen LogP contribution in [0.3, 0.4) is 0 Å². The van der Waals surface area contributed by atoms with Crippen LogP contribution in [0.2, 0.25) is 5.02 Å². The maximum absolute atomic E-state index is 13.7. The first-order valence-electron chi connectivity index (χ1n) is 10.5. The summed E-state index contributed by atoms with van der Waals surface area (Å²) in [6.45, 7) is 0.189. The van der Waals surface area contributed by atoms with Crippen molar-refractivity contribution in [3.63, 3.8) is 0 Å². The third-order valence-electron chi connectivity index (χ3n) is 6.88. The second-order valence-corrected chi connectivity index (χ2v) is 9.13. The SMILES string of the molecule is N#Cc1ccc(N2C(=O)C3CN4CC(C(=O)c5ccc(Cl)c([N+](=O)[O-])c5)[N+]3(C4)C2=O)cc1C(F)(F)F. The number of nitro groups is 1. The Balaban J connectivity index is 1.56. The summed E-state index contributed by atoms with van der Waals surface area (Å²) in [5.41, 5.74) is -2.89. The average molecular weight is 521 g/mol. The minimum absolute atomic E-state index is 0.0137. The number of benzene rings is 2. The van der Waals surface area contributed by atoms with Gasteiger partial charge in [0.15, 0.2) is 12.1 Å². The number of nitrogens with zero attached hydrogens (tertiary/aromatic N) is 5. The largest absolute Gasteiger partial charge is 0.433 e. The van der Waals surface area contributed by atoms with Crippen LogP contribution in [0, 0.1) is 21.4 Å². The molecule has 3 heterocycles. The molecule has 0 aromatic heterocycles. The summed E-state index contributed by atoms with van der Waals surface area (Å²) in [6.07, 6.45) is -4.90. The molecule has 0 N–H and O–H groups in total. The zero-order chi connectivity index (χ0) is 26.2. The molecule has 1 spiro atoms. The first-order chi connectivity index (χ1) is 16.9. The number of anilines is 1. The van der Waals surface area contributed by atoms with Crippen LogP contribution in [-0.2, 0) is 11.0 Å². The zero-order valence-electron chi connectivity index (χ0n) is 18.0. The van der Waals surface area contributed by atoms with Crippen molar-refractivity contribution in [3.8, 4) is 6.07 Å². The van der Waals surface area contributed by atoms with Gasteiger partial charge < -0.3 is 0 Å². The highest BCUT2D eigenvalue weighted by Crippen LogP contribution is 2.45. The van der Waals surface area contributed by atoms with E-state index >= 15 is 0 Å². The first-order valence-corrected chi connectivity index (χ1v) is 10.9. The molecule has 0 saturated carbocycles. The predicted molar refractivity (Wildman–Crippen MR) is 116 cm³/mol. The van der Waals surface area contributed by atoms with E-state index in [1.54, 1.807) is 4.90 Å². The molecule has 4 atom stereocenters. The van der Waals surface area contributed by atoms with Crippen molar-refractivity contribution in [2.45, 2.75) is 18.3 Å². The molecule has 3 amide bonds. The van der Waals surface area contributed by atoms with Gasteiger partial charge in [-0.2, -0.15) is 23.3 Å². The van der Waals surface area contributed by atoms with Crippen molar-refractivity contribution in [1.29, 1.82) is 5.26 Å². The van der Waals surface area contributed by atoms with E-state index in [-0.39, 0.29) is 36.0 Å². The Hall–Kier alpha value is -3.86. The summed E-state index contributed by atoms with van der Waals surface area (Å²) >= 11 is 5.83. The Bertz CT molecular complexity index is 1420. The number of halogens is 4. The molecule has 10 nitrogen and oxygen atoms in total. The molecule has 3 aliphatic heterocycles. The summed E-state index contributed by atoms with van der Waals surface area (Å²) in [7, 11) is 0. The van der Waals surface area contributed by atoms with E-state index in [9.17, 15) is 37.7 Å². The monoisotopic (exact) mass is 520 g/mol. The number of quaternary nitrogens is 1. The van der Waals surface area contributed by atoms with E-state index in [1.807, 2.05) is 0 Å². The molecule has 4 unspecified atom stereocenters. The van der Waals surface area contributed by atoms with E-state index in [4.69, 9.17) is 16.9 Å². The lowest BCUT2D eigenvalue weighted by Gasteiger charge is -2.32. The van der Waals surface area contributed by atoms with E-state index in [1.165, 1.54) is 18.2 Å². The highest BCUT2D eigenvalue weighted by molar-refractivity contribution is 6.32. The van der Waals surface area contributed by atoms with Gasteiger partial charge in [-0.15, -0.1) is 0 Å². The molecule has 2 aromatic rings. The lowest BCUT2D eigenvalue weighted by Crippen LogP contribution is -2.62. The Kier molecular flexibility index (Phi) is 5.18. The quantitative estimate of drug-likeness (QED) is 0.199. The molecule has 5 rings (SSSR count). The lowest BCUT2D eigenvalue weighted by molar-refractivity contribution is -0.852. The molecular formula is C22H14ClF3N5O5+. The molecule has 14 heteroatoms. The van der Waals surface area contributed by atoms with Crippen LogP contribution in [0.25, 0.3) is 0 Å². The Morgan fingerprint density at radius 3 is 2.56 bits per heavy atom. The van der Waals surface area contributed by atoms with Crippen molar-refractivity contribution >= 4 is 40.7 Å². The number of piperazine rings is 1. The van der Waals surface area contributed by atoms with E-state index in [0.717, 1.165) is 18.2 Å². The number of alkyl halides is 3. The number of rotatable bonds is 4. The summed E-state index contributed by atoms with van der Waals surface area (Å²) in [4.78, 5) is 53.3. The van der Waals surface area contributed by atoms with Crippen LogP contribution >= 0.6 is 11.6 Å². The van der Waals surface area contributed by atoms with Gasteiger partial charge >= 0.3 is 12.2 Å². The third kappa shape index (κ3) is 3.22. The number of nitriles is 1. The van der Waals surface area contributed by atoms with Gasteiger partial charge in [0.2, 0.25) is 5.78 Å². The van der Waals surface area contributed by atoms with Crippen molar-refractivity contribution < 1.29 is 37.0 Å². The third-order valence-corrected chi connectivity index (χ3v) is 7.20. The minimum Gasteiger partial charge on any atom is -0.287 e. The number of Topliss-reactive ketones (excluding diaryl/α,β-unsaturated/α-hetero) is 1. The Morgan fingerprint density at radius 1 is 1.19 bits per heavy atom. The van der Waals surface area contributed by atoms with Gasteiger partial charge in [0.05, 0.1) is 40.9 Å². The molecule has 36 heavy (non-hydrogen) atoms. The normalized spacial score (nSPS) is 26.8. The van der Waals surface area contributed by atoms with Gasteiger partial charge in [0.25, 0.3) is 11.6 Å². The molecular weight excluding hydrogens is 507 g/mol. The van der Waals surface area contributed by atoms with Gasteiger partial charge in [0.1, 0.15) is 11.7 Å². The number of imide groups is 1. The first kappa shape index (κ1) is 23.9. The Morgan fingerprint density at radius 2 is 1.92 bits per heavy atom. The van der Waals surface area contributed by atoms with Gasteiger partial charge in [-0.1, -0.05) is 11.6 Å². The van der Waals surface area contributed by atoms with E-state index < -0.39 is 62.2 Å². The predicted octanol–water partition coefficient (Wildman–Crippen LogP) is 3.33. The van der Waals surface area contributed by atoms with Crippen molar-refractivity contribution in [1.82, 2.24) is 4.90 Å². The van der Waals surface area contributed by atoms with Crippen LogP contribution in [-0.4, -0.2) is 63.9 Å². The van der Waals surface area contributed by atoms with Gasteiger partial charge in [-0.25, -0.2) is 14.2 Å². The van der Waals surface area contributed by atoms with Crippen LogP contribution in [0.1, 0.15) is 21.5 Å². The van der Waals surface area contributed by atoms with Crippen LogP contribution in [0.4, 0.5) is 29.3 Å². The molecule has 3 aliphatic rings. The van der Waals surface area contributed by atoms with Crippen molar-refractivity contribution in [2.24, 2.45) is 0 Å². The molecule has 0 radical (unpaired) electrons. The average Bonchev–Trinajstić information content (AvgIpc) is 3.46. The molecule has 2 aromatic carbocycles. The number of amides is 3. The van der Waals surface area contributed by atoms with Crippen LogP contribution in [0.5, 0.6) is 0 Å². The summed E-state index contributed by atoms with van der Waals surface area (Å²) < 4.78 is 39.8. The number of hydrogen-bond acceptors (Lipinski definition) is 7. The summed E-state index contributed by atoms with van der Waals surface area (Å²) in [6, 6.07) is 4.43. The van der Waals surface area contributed by atoms with Crippen molar-refractivity contribution in [3.05, 3.63) is 68.2 Å². The van der Waals surface area contributed by atoms with Gasteiger partial charge in [-0.05, 0) is 30.3 Å². The maximum Gasteiger partial charge on any atom is 0.433 e. The number of fused-ring (bicyclic) bond motifs is 1. The highest BCUT2D eigenvalue weighted by Gasteiger charge is 2.73. The molecule has 3 fully saturated rings. The van der Waals surface area contributed by atoms with E-state index in [0.29, 0.717) is 11.0 Å². The number of carbonyl (C=O) groups excluding carboxylic acids is 3. The van der Waals surface area contributed by atoms with Crippen LogP contribution in [0.15, 0.2) is 36.4 Å². The van der Waals surface area contributed by atoms with Gasteiger partial charge in [0, 0.05) is 11.6 Å². The Labute approximate surface area is 205 Å². The molecule has 0 aliphatic carbocycles. The van der Waals surface area contributed by atoms with E-state index in [2.05, 4.69) is 0 Å². The lowest BCUT2D eigenvalue weighted by atomic mass is 9.98. The number of urea groups is 1. The number of ketones is 1. The molecule has 3 saturated heterocycles. The highest BCUT2D eigenvalue weighted by atomic mass is 35.5. The maximum atomic E-state index is 13.7. The van der Waals surface area contributed by atoms with Gasteiger partial charge in [-0.3, -0.25) is 19.7 Å². The number of hydrogen-bond donors (Lipinski definition) is 0. The second-order valence-electron chi connectivity index (χ2n) is 8.72. The smallest absolute Gasteiger partial charge is 0.287 e. The van der Waals surface area contributed by atoms with Crippen molar-refractivity contribution in [2.75, 3.05) is 24.7 Å².